The monoisotopic (exact) mass is 613 g/mol. The molecule has 1 aromatic heterocycles. The number of sulfone groups is 1. The molecule has 4 rings (SSSR count). The molecule has 40 heavy (non-hydrogen) atoms. The van der Waals surface area contributed by atoms with E-state index < -0.39 is 28.5 Å². The number of benzene rings is 2. The first-order valence-corrected chi connectivity index (χ1v) is 14.3. The molecule has 0 saturated heterocycles. The number of aromatic nitrogens is 1. The predicted molar refractivity (Wildman–Crippen MR) is 142 cm³/mol. The number of rotatable bonds is 12. The van der Waals surface area contributed by atoms with Crippen molar-refractivity contribution in [2.45, 2.75) is 36.9 Å². The highest BCUT2D eigenvalue weighted by Crippen LogP contribution is 2.37. The lowest BCUT2D eigenvalue weighted by Crippen LogP contribution is -2.25. The van der Waals surface area contributed by atoms with Gasteiger partial charge in [-0.05, 0) is 48.6 Å². The first-order chi connectivity index (χ1) is 19.0. The SMILES string of the molecule is O=C(/C=C/S(=O)(=O)c1ccccc1)O[C@@H](Cc1c(Cl)c[n+]([O-])cc1Cl)c1ccc(OC(F)F)c(OCC2CC2)c1. The van der Waals surface area contributed by atoms with Gasteiger partial charge in [0.05, 0.1) is 11.5 Å². The van der Waals surface area contributed by atoms with Gasteiger partial charge in [0, 0.05) is 23.5 Å². The van der Waals surface area contributed by atoms with Crippen LogP contribution in [0.1, 0.15) is 30.1 Å². The fourth-order valence-corrected chi connectivity index (χ4v) is 5.26. The predicted octanol–water partition coefficient (Wildman–Crippen LogP) is 5.83. The van der Waals surface area contributed by atoms with Crippen LogP contribution in [-0.4, -0.2) is 27.6 Å². The Hall–Kier alpha value is -3.41. The van der Waals surface area contributed by atoms with Crippen LogP contribution in [0.4, 0.5) is 8.78 Å². The van der Waals surface area contributed by atoms with Gasteiger partial charge in [0.1, 0.15) is 16.1 Å². The Morgan fingerprint density at radius 3 is 2.38 bits per heavy atom. The van der Waals surface area contributed by atoms with Crippen molar-refractivity contribution in [1.82, 2.24) is 0 Å². The molecule has 0 unspecified atom stereocenters. The molecule has 8 nitrogen and oxygen atoms in total. The van der Waals surface area contributed by atoms with Crippen molar-refractivity contribution in [3.05, 3.63) is 98.8 Å². The van der Waals surface area contributed by atoms with Crippen molar-refractivity contribution in [1.29, 1.82) is 0 Å². The second kappa shape index (κ2) is 12.8. The number of alkyl halides is 2. The van der Waals surface area contributed by atoms with Gasteiger partial charge >= 0.3 is 12.6 Å². The minimum Gasteiger partial charge on any atom is -0.619 e. The van der Waals surface area contributed by atoms with E-state index >= 15 is 0 Å². The summed E-state index contributed by atoms with van der Waals surface area (Å²) in [6.45, 7) is -2.81. The van der Waals surface area contributed by atoms with Crippen LogP contribution in [0, 0.1) is 11.1 Å². The van der Waals surface area contributed by atoms with Gasteiger partial charge in [-0.15, -0.1) is 0 Å². The fourth-order valence-electron chi connectivity index (χ4n) is 3.68. The zero-order chi connectivity index (χ0) is 28.9. The van der Waals surface area contributed by atoms with Crippen molar-refractivity contribution < 1.29 is 40.9 Å². The Morgan fingerprint density at radius 1 is 1.07 bits per heavy atom. The maximum atomic E-state index is 13.0. The molecule has 3 aromatic rings. The van der Waals surface area contributed by atoms with Gasteiger partial charge < -0.3 is 19.4 Å². The summed E-state index contributed by atoms with van der Waals surface area (Å²) in [6.07, 6.45) is 3.52. The topological polar surface area (TPSA) is 106 Å². The quantitative estimate of drug-likeness (QED) is 0.109. The van der Waals surface area contributed by atoms with Crippen molar-refractivity contribution in [3.8, 4) is 11.5 Å². The zero-order valence-electron chi connectivity index (χ0n) is 20.7. The van der Waals surface area contributed by atoms with Gasteiger partial charge in [-0.1, -0.05) is 47.5 Å². The van der Waals surface area contributed by atoms with E-state index in [-0.39, 0.29) is 45.0 Å². The van der Waals surface area contributed by atoms with Gasteiger partial charge in [-0.2, -0.15) is 13.5 Å². The molecule has 13 heteroatoms. The van der Waals surface area contributed by atoms with Crippen LogP contribution in [-0.2, 0) is 25.8 Å². The molecular weight excluding hydrogens is 591 g/mol. The van der Waals surface area contributed by atoms with E-state index in [0.717, 1.165) is 31.3 Å². The molecule has 1 atom stereocenters. The van der Waals surface area contributed by atoms with Crippen LogP contribution in [0.2, 0.25) is 10.0 Å². The fraction of sp³-hybridized carbons (Fsp3) is 0.259. The summed E-state index contributed by atoms with van der Waals surface area (Å²) in [5.41, 5.74) is 0.563. The van der Waals surface area contributed by atoms with Crippen LogP contribution in [0.3, 0.4) is 0 Å². The Morgan fingerprint density at radius 2 is 1.75 bits per heavy atom. The number of ether oxygens (including phenoxy) is 3. The summed E-state index contributed by atoms with van der Waals surface area (Å²) >= 11 is 12.5. The van der Waals surface area contributed by atoms with Crippen LogP contribution >= 0.6 is 23.2 Å². The molecule has 0 N–H and O–H groups in total. The molecule has 0 bridgehead atoms. The summed E-state index contributed by atoms with van der Waals surface area (Å²) in [5, 5.41) is 12.4. The third-order valence-corrected chi connectivity index (χ3v) is 7.96. The Labute approximate surface area is 239 Å². The second-order valence-electron chi connectivity index (χ2n) is 8.92. The van der Waals surface area contributed by atoms with Gasteiger partial charge in [0.15, 0.2) is 33.7 Å². The molecule has 2 aromatic carbocycles. The smallest absolute Gasteiger partial charge is 0.387 e. The summed E-state index contributed by atoms with van der Waals surface area (Å²) in [4.78, 5) is 12.8. The van der Waals surface area contributed by atoms with E-state index in [0.29, 0.717) is 21.6 Å². The highest BCUT2D eigenvalue weighted by Gasteiger charge is 2.26. The van der Waals surface area contributed by atoms with Gasteiger partial charge in [0.2, 0.25) is 0 Å². The lowest BCUT2D eigenvalue weighted by atomic mass is 10.0. The van der Waals surface area contributed by atoms with E-state index in [1.165, 1.54) is 42.5 Å². The lowest BCUT2D eigenvalue weighted by molar-refractivity contribution is -0.605. The maximum Gasteiger partial charge on any atom is 0.387 e. The lowest BCUT2D eigenvalue weighted by Gasteiger charge is -2.21. The Kier molecular flexibility index (Phi) is 9.49. The normalized spacial score (nSPS) is 14.3. The van der Waals surface area contributed by atoms with Crippen LogP contribution < -0.4 is 14.2 Å². The number of carbonyl (C=O) groups excluding carboxylic acids is 1. The number of hydrogen-bond donors (Lipinski definition) is 0. The van der Waals surface area contributed by atoms with Crippen molar-refractivity contribution >= 4 is 39.0 Å². The molecule has 212 valence electrons. The first kappa shape index (κ1) is 29.6. The molecule has 0 amide bonds. The van der Waals surface area contributed by atoms with Crippen molar-refractivity contribution in [2.24, 2.45) is 5.92 Å². The summed E-state index contributed by atoms with van der Waals surface area (Å²) in [6, 6.07) is 11.5. The van der Waals surface area contributed by atoms with Gasteiger partial charge in [0.25, 0.3) is 0 Å². The van der Waals surface area contributed by atoms with Crippen LogP contribution in [0.15, 0.2) is 77.3 Å². The molecule has 1 aliphatic carbocycles. The maximum absolute atomic E-state index is 13.0. The van der Waals surface area contributed by atoms with E-state index in [4.69, 9.17) is 32.7 Å². The highest BCUT2D eigenvalue weighted by molar-refractivity contribution is 7.94. The largest absolute Gasteiger partial charge is 0.619 e. The molecule has 1 fully saturated rings. The molecular formula is C27H23Cl2F2NO7S. The minimum atomic E-state index is -3.94. The summed E-state index contributed by atoms with van der Waals surface area (Å²) < 4.78 is 67.4. The number of nitrogens with zero attached hydrogens (tertiary/aromatic N) is 1. The van der Waals surface area contributed by atoms with Crippen LogP contribution in [0.5, 0.6) is 11.5 Å². The number of pyridine rings is 1. The first-order valence-electron chi connectivity index (χ1n) is 12.0. The third-order valence-electron chi connectivity index (χ3n) is 5.89. The summed E-state index contributed by atoms with van der Waals surface area (Å²) in [7, 11) is -3.94. The standard InChI is InChI=1S/C27H23Cl2F2NO7S/c28-21-14-32(34)15-22(29)20(21)13-24(38-26(33)10-11-40(35,36)19-4-2-1-3-5-19)18-8-9-23(39-27(30)31)25(12-18)37-16-17-6-7-17/h1-5,8-12,14-15,17,24,27H,6-7,13,16H2/b11-10+/t24-/m0/s1. The van der Waals surface area contributed by atoms with E-state index in [9.17, 15) is 27.2 Å². The average Bonchev–Trinajstić information content (AvgIpc) is 3.73. The van der Waals surface area contributed by atoms with Crippen molar-refractivity contribution in [3.63, 3.8) is 0 Å². The molecule has 0 aliphatic heterocycles. The average molecular weight is 614 g/mol. The zero-order valence-corrected chi connectivity index (χ0v) is 23.0. The van der Waals surface area contributed by atoms with Crippen LogP contribution in [0.25, 0.3) is 0 Å². The number of esters is 1. The Balaban J connectivity index is 1.65. The van der Waals surface area contributed by atoms with E-state index in [1.807, 2.05) is 0 Å². The molecule has 1 saturated carbocycles. The molecule has 1 heterocycles. The minimum absolute atomic E-state index is 0.00592. The third kappa shape index (κ3) is 8.06. The van der Waals surface area contributed by atoms with E-state index in [1.54, 1.807) is 6.07 Å². The highest BCUT2D eigenvalue weighted by atomic mass is 35.5. The van der Waals surface area contributed by atoms with Crippen molar-refractivity contribution in [2.75, 3.05) is 6.61 Å². The molecule has 0 radical (unpaired) electrons. The van der Waals surface area contributed by atoms with E-state index in [2.05, 4.69) is 4.74 Å². The van der Waals surface area contributed by atoms with Gasteiger partial charge in [-0.3, -0.25) is 0 Å². The Bertz CT molecular complexity index is 1480. The molecule has 1 aliphatic rings. The number of carbonyl (C=O) groups is 1. The molecule has 0 spiro atoms. The second-order valence-corrected chi connectivity index (χ2v) is 11.6. The summed E-state index contributed by atoms with van der Waals surface area (Å²) in [5.74, 6) is -0.911. The van der Waals surface area contributed by atoms with Gasteiger partial charge in [-0.25, -0.2) is 13.2 Å². The number of halogens is 4. The number of hydrogen-bond acceptors (Lipinski definition) is 7.